The Balaban J connectivity index is 2.71. The standard InChI is InChI=1S/C16H28N2O/c1-6-14(11-17-4)12-18(5)15-8-9-16(19-7-2)13(3)10-15/h8-10,14,17H,6-7,11-12H2,1-5H3. The zero-order valence-corrected chi connectivity index (χ0v) is 13.0. The van der Waals surface area contributed by atoms with Gasteiger partial charge in [0.05, 0.1) is 6.61 Å². The van der Waals surface area contributed by atoms with Crippen molar-refractivity contribution in [3.8, 4) is 5.75 Å². The lowest BCUT2D eigenvalue weighted by molar-refractivity contribution is 0.338. The molecule has 1 N–H and O–H groups in total. The van der Waals surface area contributed by atoms with Crippen molar-refractivity contribution in [1.29, 1.82) is 0 Å². The molecule has 3 nitrogen and oxygen atoms in total. The molecule has 0 heterocycles. The highest BCUT2D eigenvalue weighted by atomic mass is 16.5. The van der Waals surface area contributed by atoms with E-state index < -0.39 is 0 Å². The number of anilines is 1. The molecule has 0 aromatic heterocycles. The third-order valence-corrected chi connectivity index (χ3v) is 3.50. The molecule has 3 heteroatoms. The van der Waals surface area contributed by atoms with E-state index in [2.05, 4.69) is 49.3 Å². The number of ether oxygens (including phenoxy) is 1. The van der Waals surface area contributed by atoms with Crippen molar-refractivity contribution in [2.45, 2.75) is 27.2 Å². The molecule has 0 saturated heterocycles. The van der Waals surface area contributed by atoms with Crippen molar-refractivity contribution in [1.82, 2.24) is 5.32 Å². The highest BCUT2D eigenvalue weighted by Gasteiger charge is 2.10. The summed E-state index contributed by atoms with van der Waals surface area (Å²) in [6, 6.07) is 6.42. The van der Waals surface area contributed by atoms with Crippen molar-refractivity contribution in [2.75, 3.05) is 38.7 Å². The SMILES string of the molecule is CCOc1ccc(N(C)CC(CC)CNC)cc1C. The van der Waals surface area contributed by atoms with E-state index in [1.807, 2.05) is 14.0 Å². The first-order chi connectivity index (χ1) is 9.12. The number of hydrogen-bond acceptors (Lipinski definition) is 3. The minimum atomic E-state index is 0.682. The predicted octanol–water partition coefficient (Wildman–Crippen LogP) is 3.08. The molecular formula is C16H28N2O. The molecule has 1 aromatic rings. The molecule has 19 heavy (non-hydrogen) atoms. The van der Waals surface area contributed by atoms with E-state index in [1.54, 1.807) is 0 Å². The third kappa shape index (κ3) is 4.75. The summed E-state index contributed by atoms with van der Waals surface area (Å²) in [6.07, 6.45) is 1.20. The monoisotopic (exact) mass is 264 g/mol. The quantitative estimate of drug-likeness (QED) is 0.781. The predicted molar refractivity (Wildman–Crippen MR) is 83.3 cm³/mol. The zero-order chi connectivity index (χ0) is 14.3. The van der Waals surface area contributed by atoms with Crippen LogP contribution in [-0.4, -0.2) is 33.8 Å². The Morgan fingerprint density at radius 2 is 2.05 bits per heavy atom. The van der Waals surface area contributed by atoms with Crippen LogP contribution in [0.1, 0.15) is 25.8 Å². The van der Waals surface area contributed by atoms with E-state index in [0.29, 0.717) is 5.92 Å². The maximum Gasteiger partial charge on any atom is 0.122 e. The minimum Gasteiger partial charge on any atom is -0.494 e. The molecule has 0 bridgehead atoms. The second kappa shape index (κ2) is 8.05. The van der Waals surface area contributed by atoms with Gasteiger partial charge in [0.15, 0.2) is 0 Å². The molecule has 0 saturated carbocycles. The molecule has 108 valence electrons. The fourth-order valence-electron chi connectivity index (χ4n) is 2.31. The normalized spacial score (nSPS) is 12.3. The van der Waals surface area contributed by atoms with E-state index in [0.717, 1.165) is 25.4 Å². The zero-order valence-electron chi connectivity index (χ0n) is 13.0. The Hall–Kier alpha value is -1.22. The third-order valence-electron chi connectivity index (χ3n) is 3.50. The van der Waals surface area contributed by atoms with Gasteiger partial charge < -0.3 is 15.0 Å². The van der Waals surface area contributed by atoms with Crippen LogP contribution >= 0.6 is 0 Å². The van der Waals surface area contributed by atoms with Gasteiger partial charge in [-0.15, -0.1) is 0 Å². The van der Waals surface area contributed by atoms with E-state index in [9.17, 15) is 0 Å². The summed E-state index contributed by atoms with van der Waals surface area (Å²) in [7, 11) is 4.18. The lowest BCUT2D eigenvalue weighted by Crippen LogP contribution is -2.31. The number of nitrogens with one attached hydrogen (secondary N) is 1. The average Bonchev–Trinajstić information content (AvgIpc) is 2.40. The molecule has 1 aromatic carbocycles. The maximum atomic E-state index is 5.58. The highest BCUT2D eigenvalue weighted by Crippen LogP contribution is 2.24. The first-order valence-corrected chi connectivity index (χ1v) is 7.21. The van der Waals surface area contributed by atoms with E-state index in [1.165, 1.54) is 17.7 Å². The van der Waals surface area contributed by atoms with Crippen LogP contribution in [0, 0.1) is 12.8 Å². The van der Waals surface area contributed by atoms with Crippen molar-refractivity contribution in [3.05, 3.63) is 23.8 Å². The largest absolute Gasteiger partial charge is 0.494 e. The molecule has 1 atom stereocenters. The second-order valence-corrected chi connectivity index (χ2v) is 5.10. The first kappa shape index (κ1) is 15.8. The van der Waals surface area contributed by atoms with Gasteiger partial charge in [-0.25, -0.2) is 0 Å². The lowest BCUT2D eigenvalue weighted by Gasteiger charge is -2.25. The summed E-state index contributed by atoms with van der Waals surface area (Å²) < 4.78 is 5.58. The molecule has 1 rings (SSSR count). The summed E-state index contributed by atoms with van der Waals surface area (Å²) >= 11 is 0. The Labute approximate surface area is 118 Å². The molecule has 0 radical (unpaired) electrons. The van der Waals surface area contributed by atoms with Gasteiger partial charge >= 0.3 is 0 Å². The van der Waals surface area contributed by atoms with Gasteiger partial charge in [0, 0.05) is 19.3 Å². The Morgan fingerprint density at radius 1 is 1.32 bits per heavy atom. The second-order valence-electron chi connectivity index (χ2n) is 5.10. The van der Waals surface area contributed by atoms with Gasteiger partial charge in [-0.05, 0) is 57.1 Å². The molecule has 0 spiro atoms. The van der Waals surface area contributed by atoms with Crippen LogP contribution in [0.5, 0.6) is 5.75 Å². The lowest BCUT2D eigenvalue weighted by atomic mass is 10.1. The number of hydrogen-bond donors (Lipinski definition) is 1. The smallest absolute Gasteiger partial charge is 0.122 e. The average molecular weight is 264 g/mol. The fraction of sp³-hybridized carbons (Fsp3) is 0.625. The van der Waals surface area contributed by atoms with Crippen LogP contribution in [0.3, 0.4) is 0 Å². The van der Waals surface area contributed by atoms with Gasteiger partial charge in [0.2, 0.25) is 0 Å². The van der Waals surface area contributed by atoms with Crippen molar-refractivity contribution >= 4 is 5.69 Å². The van der Waals surface area contributed by atoms with Crippen molar-refractivity contribution < 1.29 is 4.74 Å². The van der Waals surface area contributed by atoms with Gasteiger partial charge in [0.1, 0.15) is 5.75 Å². The van der Waals surface area contributed by atoms with Crippen LogP contribution in [0.4, 0.5) is 5.69 Å². The molecule has 0 aliphatic heterocycles. The fourth-order valence-corrected chi connectivity index (χ4v) is 2.31. The molecule has 0 aliphatic carbocycles. The first-order valence-electron chi connectivity index (χ1n) is 7.21. The molecule has 0 amide bonds. The van der Waals surface area contributed by atoms with Crippen molar-refractivity contribution in [2.24, 2.45) is 5.92 Å². The number of aryl methyl sites for hydroxylation is 1. The summed E-state index contributed by atoms with van der Waals surface area (Å²) in [5, 5.41) is 3.27. The summed E-state index contributed by atoms with van der Waals surface area (Å²) in [5.41, 5.74) is 2.46. The molecule has 1 unspecified atom stereocenters. The van der Waals surface area contributed by atoms with E-state index >= 15 is 0 Å². The topological polar surface area (TPSA) is 24.5 Å². The Kier molecular flexibility index (Phi) is 6.71. The molecule has 0 fully saturated rings. The van der Waals surface area contributed by atoms with Gasteiger partial charge in [0.25, 0.3) is 0 Å². The van der Waals surface area contributed by atoms with Crippen molar-refractivity contribution in [3.63, 3.8) is 0 Å². The van der Waals surface area contributed by atoms with Gasteiger partial charge in [-0.3, -0.25) is 0 Å². The summed E-state index contributed by atoms with van der Waals surface area (Å²) in [6.45, 7) is 9.23. The maximum absolute atomic E-state index is 5.58. The van der Waals surface area contributed by atoms with E-state index in [4.69, 9.17) is 4.74 Å². The van der Waals surface area contributed by atoms with Crippen LogP contribution in [0.2, 0.25) is 0 Å². The number of nitrogens with zero attached hydrogens (tertiary/aromatic N) is 1. The molecule has 0 aliphatic rings. The Bertz CT molecular complexity index is 379. The molecular weight excluding hydrogens is 236 g/mol. The summed E-state index contributed by atoms with van der Waals surface area (Å²) in [4.78, 5) is 2.33. The summed E-state index contributed by atoms with van der Waals surface area (Å²) in [5.74, 6) is 1.67. The van der Waals surface area contributed by atoms with E-state index in [-0.39, 0.29) is 0 Å². The van der Waals surface area contributed by atoms with Crippen LogP contribution in [0.15, 0.2) is 18.2 Å². The van der Waals surface area contributed by atoms with Crippen LogP contribution in [-0.2, 0) is 0 Å². The minimum absolute atomic E-state index is 0.682. The van der Waals surface area contributed by atoms with Gasteiger partial charge in [-0.1, -0.05) is 13.3 Å². The Morgan fingerprint density at radius 3 is 2.58 bits per heavy atom. The van der Waals surface area contributed by atoms with Gasteiger partial charge in [-0.2, -0.15) is 0 Å². The number of benzene rings is 1. The highest BCUT2D eigenvalue weighted by molar-refractivity contribution is 5.52. The van der Waals surface area contributed by atoms with Crippen LogP contribution in [0.25, 0.3) is 0 Å². The number of rotatable bonds is 8. The van der Waals surface area contributed by atoms with Crippen LogP contribution < -0.4 is 15.0 Å².